The van der Waals surface area contributed by atoms with E-state index in [4.69, 9.17) is 5.73 Å². The molecule has 2 aromatic carbocycles. The van der Waals surface area contributed by atoms with E-state index in [9.17, 15) is 25.0 Å². The van der Waals surface area contributed by atoms with Gasteiger partial charge < -0.3 is 10.6 Å². The van der Waals surface area contributed by atoms with Gasteiger partial charge in [0.15, 0.2) is 5.84 Å². The second kappa shape index (κ2) is 7.17. The smallest absolute Gasteiger partial charge is 0.366 e. The van der Waals surface area contributed by atoms with Crippen molar-refractivity contribution in [2.75, 3.05) is 0 Å². The number of non-ortho nitro benzene ring substituents is 1. The largest absolute Gasteiger partial charge is 0.380 e. The molecule has 0 aliphatic rings. The maximum Gasteiger partial charge on any atom is 0.366 e. The van der Waals surface area contributed by atoms with Crippen LogP contribution < -0.4 is 5.73 Å². The summed E-state index contributed by atoms with van der Waals surface area (Å²) in [6.45, 7) is 1.54. The van der Waals surface area contributed by atoms with Gasteiger partial charge in [0.25, 0.3) is 11.4 Å². The van der Waals surface area contributed by atoms with E-state index in [1.807, 2.05) is 0 Å². The second-order valence-corrected chi connectivity index (χ2v) is 4.92. The molecule has 0 spiro atoms. The van der Waals surface area contributed by atoms with E-state index in [0.29, 0.717) is 11.1 Å². The zero-order valence-electron chi connectivity index (χ0n) is 12.9. The van der Waals surface area contributed by atoms with Gasteiger partial charge in [-0.3, -0.25) is 20.2 Å². The molecule has 2 aromatic rings. The van der Waals surface area contributed by atoms with Crippen LogP contribution in [0.5, 0.6) is 0 Å². The van der Waals surface area contributed by atoms with E-state index < -0.39 is 15.8 Å². The van der Waals surface area contributed by atoms with Gasteiger partial charge in [-0.05, 0) is 25.1 Å². The maximum absolute atomic E-state index is 11.9. The van der Waals surface area contributed by atoms with E-state index in [2.05, 4.69) is 9.99 Å². The predicted molar refractivity (Wildman–Crippen MR) is 87.1 cm³/mol. The fourth-order valence-electron chi connectivity index (χ4n) is 1.88. The van der Waals surface area contributed by atoms with Crippen molar-refractivity contribution in [1.82, 2.24) is 0 Å². The van der Waals surface area contributed by atoms with Gasteiger partial charge in [-0.1, -0.05) is 11.2 Å². The minimum atomic E-state index is -0.923. The van der Waals surface area contributed by atoms with Crippen LogP contribution in [0, 0.1) is 27.2 Å². The van der Waals surface area contributed by atoms with Gasteiger partial charge in [0.05, 0.1) is 15.4 Å². The minimum absolute atomic E-state index is 0.0578. The Balaban J connectivity index is 2.15. The number of benzene rings is 2. The third-order valence-electron chi connectivity index (χ3n) is 3.24. The first-order valence-corrected chi connectivity index (χ1v) is 6.84. The maximum atomic E-state index is 11.9. The number of aryl methyl sites for hydroxylation is 1. The fraction of sp³-hybridized carbons (Fsp3) is 0.0667. The summed E-state index contributed by atoms with van der Waals surface area (Å²) >= 11 is 0. The van der Waals surface area contributed by atoms with Crippen LogP contribution >= 0.6 is 0 Å². The number of nitrogens with zero attached hydrogens (tertiary/aromatic N) is 3. The molecule has 0 heterocycles. The first-order chi connectivity index (χ1) is 11.8. The highest BCUT2D eigenvalue weighted by Gasteiger charge is 2.16. The number of nitrogens with two attached hydrogens (primary N) is 1. The second-order valence-electron chi connectivity index (χ2n) is 4.92. The van der Waals surface area contributed by atoms with Crippen molar-refractivity contribution < 1.29 is 19.5 Å². The highest BCUT2D eigenvalue weighted by molar-refractivity contribution is 5.98. The normalized spacial score (nSPS) is 11.0. The molecule has 0 aromatic heterocycles. The van der Waals surface area contributed by atoms with Gasteiger partial charge in [-0.15, -0.1) is 0 Å². The van der Waals surface area contributed by atoms with Gasteiger partial charge in [0.1, 0.15) is 0 Å². The summed E-state index contributed by atoms with van der Waals surface area (Å²) in [6, 6.07) is 9.00. The highest BCUT2D eigenvalue weighted by atomic mass is 16.7. The molecule has 10 nitrogen and oxygen atoms in total. The molecule has 2 rings (SSSR count). The summed E-state index contributed by atoms with van der Waals surface area (Å²) in [5.74, 6) is -1.10. The van der Waals surface area contributed by atoms with Crippen molar-refractivity contribution in [1.29, 1.82) is 0 Å². The molecule has 0 amide bonds. The molecule has 0 saturated carbocycles. The number of nitro groups is 2. The first kappa shape index (κ1) is 17.5. The molecular weight excluding hydrogens is 332 g/mol. The molecule has 25 heavy (non-hydrogen) atoms. The van der Waals surface area contributed by atoms with Crippen molar-refractivity contribution >= 4 is 23.2 Å². The van der Waals surface area contributed by atoms with Crippen LogP contribution in [0.3, 0.4) is 0 Å². The Morgan fingerprint density at radius 2 is 1.64 bits per heavy atom. The van der Waals surface area contributed by atoms with Crippen LogP contribution in [0.2, 0.25) is 0 Å². The Kier molecular flexibility index (Phi) is 5.03. The SMILES string of the molecule is Cc1ccc(C(=O)O/N=C(\N)c2ccc([N+](=O)[O-])cc2)cc1[N+](=O)[O-]. The summed E-state index contributed by atoms with van der Waals surface area (Å²) in [4.78, 5) is 36.9. The molecule has 128 valence electrons. The lowest BCUT2D eigenvalue weighted by atomic mass is 10.1. The van der Waals surface area contributed by atoms with Gasteiger partial charge in [-0.25, -0.2) is 4.79 Å². The van der Waals surface area contributed by atoms with Crippen LogP contribution in [0.1, 0.15) is 21.5 Å². The Hall–Kier alpha value is -3.82. The average Bonchev–Trinajstić information content (AvgIpc) is 2.59. The number of rotatable bonds is 5. The van der Waals surface area contributed by atoms with Crippen LogP contribution in [0.25, 0.3) is 0 Å². The zero-order chi connectivity index (χ0) is 18.6. The molecule has 0 aliphatic heterocycles. The monoisotopic (exact) mass is 344 g/mol. The fourth-order valence-corrected chi connectivity index (χ4v) is 1.88. The van der Waals surface area contributed by atoms with E-state index in [0.717, 1.165) is 6.07 Å². The quantitative estimate of drug-likeness (QED) is 0.287. The van der Waals surface area contributed by atoms with Gasteiger partial charge in [0.2, 0.25) is 0 Å². The van der Waals surface area contributed by atoms with Crippen LogP contribution in [0.15, 0.2) is 47.6 Å². The first-order valence-electron chi connectivity index (χ1n) is 6.84. The molecule has 0 bridgehead atoms. The summed E-state index contributed by atoms with van der Waals surface area (Å²) < 4.78 is 0. The number of nitro benzene ring substituents is 2. The van der Waals surface area contributed by atoms with Crippen molar-refractivity contribution in [3.8, 4) is 0 Å². The lowest BCUT2D eigenvalue weighted by Crippen LogP contribution is -2.15. The van der Waals surface area contributed by atoms with Crippen molar-refractivity contribution in [3.05, 3.63) is 79.4 Å². The number of amidine groups is 1. The Bertz CT molecular complexity index is 876. The molecule has 10 heteroatoms. The Morgan fingerprint density at radius 3 is 2.20 bits per heavy atom. The van der Waals surface area contributed by atoms with Crippen molar-refractivity contribution in [2.24, 2.45) is 10.9 Å². The summed E-state index contributed by atoms with van der Waals surface area (Å²) in [6.07, 6.45) is 0. The van der Waals surface area contributed by atoms with Crippen LogP contribution in [-0.4, -0.2) is 21.7 Å². The summed E-state index contributed by atoms with van der Waals surface area (Å²) in [7, 11) is 0. The number of carbonyl (C=O) groups is 1. The summed E-state index contributed by atoms with van der Waals surface area (Å²) in [5, 5.41) is 24.9. The predicted octanol–water partition coefficient (Wildman–Crippen LogP) is 2.29. The van der Waals surface area contributed by atoms with Crippen molar-refractivity contribution in [3.63, 3.8) is 0 Å². The highest BCUT2D eigenvalue weighted by Crippen LogP contribution is 2.20. The molecule has 0 atom stereocenters. The Labute approximate surface area is 140 Å². The number of hydrogen-bond acceptors (Lipinski definition) is 7. The van der Waals surface area contributed by atoms with Gasteiger partial charge >= 0.3 is 5.97 Å². The van der Waals surface area contributed by atoms with Crippen LogP contribution in [-0.2, 0) is 4.84 Å². The molecule has 0 aliphatic carbocycles. The Morgan fingerprint density at radius 1 is 1.04 bits per heavy atom. The van der Waals surface area contributed by atoms with E-state index in [1.165, 1.54) is 43.3 Å². The van der Waals surface area contributed by atoms with Crippen LogP contribution in [0.4, 0.5) is 11.4 Å². The molecule has 2 N–H and O–H groups in total. The van der Waals surface area contributed by atoms with Gasteiger partial charge in [0, 0.05) is 29.3 Å². The number of oxime groups is 1. The molecule has 0 radical (unpaired) electrons. The third kappa shape index (κ3) is 4.13. The van der Waals surface area contributed by atoms with Crippen molar-refractivity contribution in [2.45, 2.75) is 6.92 Å². The topological polar surface area (TPSA) is 151 Å². The lowest BCUT2D eigenvalue weighted by molar-refractivity contribution is -0.385. The number of hydrogen-bond donors (Lipinski definition) is 1. The van der Waals surface area contributed by atoms with Gasteiger partial charge in [-0.2, -0.15) is 0 Å². The molecular formula is C15H12N4O6. The lowest BCUT2D eigenvalue weighted by Gasteiger charge is -2.02. The summed E-state index contributed by atoms with van der Waals surface area (Å²) in [5.41, 5.74) is 5.95. The molecule has 0 unspecified atom stereocenters. The zero-order valence-corrected chi connectivity index (χ0v) is 12.9. The standard InChI is InChI=1S/C15H12N4O6/c1-9-2-3-11(8-13(9)19(23)24)15(20)25-17-14(16)10-4-6-12(7-5-10)18(21)22/h2-8H,1H3,(H2,16,17). The molecule has 0 fully saturated rings. The minimum Gasteiger partial charge on any atom is -0.380 e. The number of carbonyl (C=O) groups excluding carboxylic acids is 1. The van der Waals surface area contributed by atoms with E-state index in [1.54, 1.807) is 0 Å². The molecule has 0 saturated heterocycles. The average molecular weight is 344 g/mol. The van der Waals surface area contributed by atoms with E-state index in [-0.39, 0.29) is 22.8 Å². The third-order valence-corrected chi connectivity index (χ3v) is 3.24. The van der Waals surface area contributed by atoms with E-state index >= 15 is 0 Å².